The maximum absolute atomic E-state index is 12.1. The smallest absolute Gasteiger partial charge is 0.263 e. The Balaban J connectivity index is 2.41. The summed E-state index contributed by atoms with van der Waals surface area (Å²) in [6, 6.07) is 5.03. The van der Waals surface area contributed by atoms with E-state index >= 15 is 0 Å². The van der Waals surface area contributed by atoms with Crippen LogP contribution in [0.1, 0.15) is 10.4 Å². The van der Waals surface area contributed by atoms with E-state index in [0.717, 1.165) is 0 Å². The lowest BCUT2D eigenvalue weighted by Gasteiger charge is -2.07. The molecule has 5 heteroatoms. The zero-order chi connectivity index (χ0) is 12.3. The van der Waals surface area contributed by atoms with E-state index in [4.69, 9.17) is 9.47 Å². The molecule has 5 nitrogen and oxygen atoms in total. The van der Waals surface area contributed by atoms with Crippen molar-refractivity contribution in [3.05, 3.63) is 42.5 Å². The molecule has 0 aliphatic heterocycles. The molecular formula is C12H12N2O3. The molecule has 0 atom stereocenters. The van der Waals surface area contributed by atoms with Crippen LogP contribution in [-0.4, -0.2) is 29.7 Å². The molecule has 0 saturated heterocycles. The van der Waals surface area contributed by atoms with Crippen LogP contribution in [0, 0.1) is 0 Å². The van der Waals surface area contributed by atoms with E-state index in [1.54, 1.807) is 44.8 Å². The number of benzene rings is 1. The standard InChI is InChI=1S/C12H12N2O3/c1-16-10-5-9(6-11(7-10)17-2)12(15)14-4-3-13-8-14/h3-8H,1-2H3. The van der Waals surface area contributed by atoms with Crippen molar-refractivity contribution in [3.8, 4) is 11.5 Å². The van der Waals surface area contributed by atoms with Crippen LogP contribution in [0.2, 0.25) is 0 Å². The molecule has 0 radical (unpaired) electrons. The van der Waals surface area contributed by atoms with Gasteiger partial charge in [-0.25, -0.2) is 4.98 Å². The number of imidazole rings is 1. The van der Waals surface area contributed by atoms with Crippen LogP contribution < -0.4 is 9.47 Å². The summed E-state index contributed by atoms with van der Waals surface area (Å²) in [5.41, 5.74) is 0.485. The van der Waals surface area contributed by atoms with Gasteiger partial charge in [-0.2, -0.15) is 0 Å². The van der Waals surface area contributed by atoms with E-state index in [9.17, 15) is 4.79 Å². The maximum atomic E-state index is 12.1. The van der Waals surface area contributed by atoms with Gasteiger partial charge in [-0.1, -0.05) is 0 Å². The van der Waals surface area contributed by atoms with Gasteiger partial charge in [0.15, 0.2) is 0 Å². The Kier molecular flexibility index (Phi) is 3.09. The lowest BCUT2D eigenvalue weighted by molar-refractivity contribution is 0.0959. The third-order valence-electron chi connectivity index (χ3n) is 2.34. The van der Waals surface area contributed by atoms with Gasteiger partial charge in [0.05, 0.1) is 14.2 Å². The molecule has 1 heterocycles. The fraction of sp³-hybridized carbons (Fsp3) is 0.167. The Labute approximate surface area is 98.6 Å². The lowest BCUT2D eigenvalue weighted by Crippen LogP contribution is -2.10. The van der Waals surface area contributed by atoms with Crippen molar-refractivity contribution in [1.29, 1.82) is 0 Å². The number of hydrogen-bond acceptors (Lipinski definition) is 4. The first-order valence-corrected chi connectivity index (χ1v) is 5.00. The Hall–Kier alpha value is -2.30. The molecule has 0 spiro atoms. The van der Waals surface area contributed by atoms with Crippen molar-refractivity contribution in [1.82, 2.24) is 9.55 Å². The van der Waals surface area contributed by atoms with Crippen molar-refractivity contribution < 1.29 is 14.3 Å². The van der Waals surface area contributed by atoms with Crippen molar-refractivity contribution in [2.24, 2.45) is 0 Å². The summed E-state index contributed by atoms with van der Waals surface area (Å²) in [6.45, 7) is 0. The van der Waals surface area contributed by atoms with Crippen LogP contribution in [0.15, 0.2) is 36.9 Å². The maximum Gasteiger partial charge on any atom is 0.263 e. The van der Waals surface area contributed by atoms with E-state index in [-0.39, 0.29) is 5.91 Å². The Morgan fingerprint density at radius 3 is 2.29 bits per heavy atom. The highest BCUT2D eigenvalue weighted by Crippen LogP contribution is 2.22. The van der Waals surface area contributed by atoms with Gasteiger partial charge in [0.2, 0.25) is 0 Å². The number of ether oxygens (including phenoxy) is 2. The first-order chi connectivity index (χ1) is 8.24. The summed E-state index contributed by atoms with van der Waals surface area (Å²) >= 11 is 0. The highest BCUT2D eigenvalue weighted by atomic mass is 16.5. The predicted octanol–water partition coefficient (Wildman–Crippen LogP) is 1.59. The van der Waals surface area contributed by atoms with Gasteiger partial charge >= 0.3 is 0 Å². The Morgan fingerprint density at radius 2 is 1.82 bits per heavy atom. The minimum Gasteiger partial charge on any atom is -0.497 e. The van der Waals surface area contributed by atoms with Crippen LogP contribution in [0.5, 0.6) is 11.5 Å². The topological polar surface area (TPSA) is 53.4 Å². The summed E-state index contributed by atoms with van der Waals surface area (Å²) in [7, 11) is 3.08. The molecule has 1 aromatic heterocycles. The number of carbonyl (C=O) groups is 1. The number of rotatable bonds is 3. The number of nitrogens with zero attached hydrogens (tertiary/aromatic N) is 2. The number of methoxy groups -OCH3 is 2. The average molecular weight is 232 g/mol. The third kappa shape index (κ3) is 2.28. The Bertz CT molecular complexity index is 498. The van der Waals surface area contributed by atoms with E-state index in [1.165, 1.54) is 10.9 Å². The van der Waals surface area contributed by atoms with Gasteiger partial charge in [-0.05, 0) is 12.1 Å². The second-order valence-electron chi connectivity index (χ2n) is 3.38. The number of aromatic nitrogens is 2. The van der Waals surface area contributed by atoms with Gasteiger partial charge in [0, 0.05) is 24.0 Å². The van der Waals surface area contributed by atoms with E-state index < -0.39 is 0 Å². The summed E-state index contributed by atoms with van der Waals surface area (Å²) < 4.78 is 11.6. The van der Waals surface area contributed by atoms with Gasteiger partial charge < -0.3 is 9.47 Å². The van der Waals surface area contributed by atoms with Crippen LogP contribution in [0.3, 0.4) is 0 Å². The molecule has 0 aliphatic carbocycles. The molecule has 0 fully saturated rings. The van der Waals surface area contributed by atoms with Gasteiger partial charge in [0.1, 0.15) is 17.8 Å². The van der Waals surface area contributed by atoms with E-state index in [2.05, 4.69) is 4.98 Å². The van der Waals surface area contributed by atoms with Crippen LogP contribution in [-0.2, 0) is 0 Å². The molecule has 0 saturated carbocycles. The van der Waals surface area contributed by atoms with Crippen molar-refractivity contribution in [2.75, 3.05) is 14.2 Å². The summed E-state index contributed by atoms with van der Waals surface area (Å²) in [6.07, 6.45) is 4.60. The predicted molar refractivity (Wildman–Crippen MR) is 61.5 cm³/mol. The largest absolute Gasteiger partial charge is 0.497 e. The average Bonchev–Trinajstić information content (AvgIpc) is 2.91. The first-order valence-electron chi connectivity index (χ1n) is 5.00. The monoisotopic (exact) mass is 232 g/mol. The quantitative estimate of drug-likeness (QED) is 0.806. The fourth-order valence-electron chi connectivity index (χ4n) is 1.46. The molecule has 2 rings (SSSR count). The van der Waals surface area contributed by atoms with Crippen LogP contribution in [0.4, 0.5) is 0 Å². The molecule has 0 amide bonds. The van der Waals surface area contributed by atoms with Crippen molar-refractivity contribution >= 4 is 5.91 Å². The molecule has 1 aromatic carbocycles. The highest BCUT2D eigenvalue weighted by Gasteiger charge is 2.11. The highest BCUT2D eigenvalue weighted by molar-refractivity contribution is 5.96. The first kappa shape index (κ1) is 11.2. The molecule has 2 aromatic rings. The van der Waals surface area contributed by atoms with Gasteiger partial charge in [0.25, 0.3) is 5.91 Å². The molecule has 0 N–H and O–H groups in total. The zero-order valence-electron chi connectivity index (χ0n) is 9.58. The molecule has 0 bridgehead atoms. The Morgan fingerprint density at radius 1 is 1.18 bits per heavy atom. The SMILES string of the molecule is COc1cc(OC)cc(C(=O)n2ccnc2)c1. The summed E-state index contributed by atoms with van der Waals surface area (Å²) in [5, 5.41) is 0. The van der Waals surface area contributed by atoms with E-state index in [1.807, 2.05) is 0 Å². The van der Waals surface area contributed by atoms with Gasteiger partial charge in [-0.3, -0.25) is 9.36 Å². The van der Waals surface area contributed by atoms with Crippen molar-refractivity contribution in [2.45, 2.75) is 0 Å². The summed E-state index contributed by atoms with van der Waals surface area (Å²) in [5.74, 6) is 0.973. The van der Waals surface area contributed by atoms with Crippen molar-refractivity contribution in [3.63, 3.8) is 0 Å². The van der Waals surface area contributed by atoms with Crippen LogP contribution >= 0.6 is 0 Å². The second-order valence-corrected chi connectivity index (χ2v) is 3.38. The second kappa shape index (κ2) is 4.69. The fourth-order valence-corrected chi connectivity index (χ4v) is 1.46. The number of hydrogen-bond donors (Lipinski definition) is 0. The molecule has 0 aliphatic rings. The number of carbonyl (C=O) groups excluding carboxylic acids is 1. The zero-order valence-corrected chi connectivity index (χ0v) is 9.58. The molecule has 88 valence electrons. The normalized spacial score (nSPS) is 10.0. The third-order valence-corrected chi connectivity index (χ3v) is 2.34. The summed E-state index contributed by atoms with van der Waals surface area (Å²) in [4.78, 5) is 15.9. The van der Waals surface area contributed by atoms with E-state index in [0.29, 0.717) is 17.1 Å². The van der Waals surface area contributed by atoms with Crippen LogP contribution in [0.25, 0.3) is 0 Å². The van der Waals surface area contributed by atoms with Gasteiger partial charge in [-0.15, -0.1) is 0 Å². The molecular weight excluding hydrogens is 220 g/mol. The molecule has 17 heavy (non-hydrogen) atoms. The minimum absolute atomic E-state index is 0.181. The molecule has 0 unspecified atom stereocenters. The lowest BCUT2D eigenvalue weighted by atomic mass is 10.2. The minimum atomic E-state index is -0.181.